The number of benzene rings is 3. The predicted octanol–water partition coefficient (Wildman–Crippen LogP) is 7.03. The number of aryl methyl sites for hydroxylation is 2. The van der Waals surface area contributed by atoms with Gasteiger partial charge in [-0.25, -0.2) is 4.98 Å². The monoisotopic (exact) mass is 618 g/mol. The maximum absolute atomic E-state index is 10.0. The van der Waals surface area contributed by atoms with E-state index in [1.807, 2.05) is 0 Å². The fraction of sp³-hybridized carbons (Fsp3) is 0.250. The number of allylic oxidation sites excluding steroid dienone is 2. The van der Waals surface area contributed by atoms with Crippen LogP contribution in [0.3, 0.4) is 0 Å². The molecule has 0 spiro atoms. The summed E-state index contributed by atoms with van der Waals surface area (Å²) in [5, 5.41) is 11.9. The molecular formula is C28H29IrN2O2-. The molecule has 0 aliphatic heterocycles. The van der Waals surface area contributed by atoms with E-state index in [1.165, 1.54) is 41.8 Å². The Morgan fingerprint density at radius 2 is 1.79 bits per heavy atom. The van der Waals surface area contributed by atoms with Crippen molar-refractivity contribution < 1.29 is 30.0 Å². The molecule has 5 heteroatoms. The van der Waals surface area contributed by atoms with Crippen LogP contribution < -0.4 is 0 Å². The zero-order valence-corrected chi connectivity index (χ0v) is 22.3. The summed E-state index contributed by atoms with van der Waals surface area (Å²) in [5.41, 5.74) is 6.70. The Balaban J connectivity index is 0.000000423. The summed E-state index contributed by atoms with van der Waals surface area (Å²) in [6, 6.07) is 18.5. The van der Waals surface area contributed by atoms with Gasteiger partial charge in [-0.05, 0) is 41.8 Å². The smallest absolute Gasteiger partial charge is 0.155 e. The van der Waals surface area contributed by atoms with Crippen molar-refractivity contribution in [1.82, 2.24) is 9.97 Å². The average molecular weight is 618 g/mol. The summed E-state index contributed by atoms with van der Waals surface area (Å²) in [6.45, 7) is 11.5. The van der Waals surface area contributed by atoms with Crippen LogP contribution >= 0.6 is 0 Å². The van der Waals surface area contributed by atoms with Gasteiger partial charge in [0.05, 0.1) is 11.3 Å². The number of aliphatic hydroxyl groups is 1. The second-order valence-electron chi connectivity index (χ2n) is 8.43. The van der Waals surface area contributed by atoms with Gasteiger partial charge < -0.3 is 5.11 Å². The fourth-order valence-corrected chi connectivity index (χ4v) is 3.94. The molecule has 0 unspecified atom stereocenters. The molecule has 1 heterocycles. The van der Waals surface area contributed by atoms with Crippen LogP contribution in [-0.2, 0) is 24.9 Å². The van der Waals surface area contributed by atoms with Crippen molar-refractivity contribution in [3.8, 4) is 11.3 Å². The fourth-order valence-electron chi connectivity index (χ4n) is 3.94. The molecule has 0 amide bonds. The van der Waals surface area contributed by atoms with Gasteiger partial charge in [0.25, 0.3) is 0 Å². The van der Waals surface area contributed by atoms with Crippen molar-refractivity contribution in [2.75, 3.05) is 0 Å². The zero-order chi connectivity index (χ0) is 23.4. The van der Waals surface area contributed by atoms with Gasteiger partial charge in [-0.15, -0.1) is 34.9 Å². The van der Waals surface area contributed by atoms with Crippen LogP contribution in [0.5, 0.6) is 0 Å². The van der Waals surface area contributed by atoms with E-state index in [2.05, 4.69) is 86.2 Å². The summed E-state index contributed by atoms with van der Waals surface area (Å²) >= 11 is 0. The van der Waals surface area contributed by atoms with Crippen LogP contribution in [0.25, 0.3) is 32.9 Å². The van der Waals surface area contributed by atoms with Crippen molar-refractivity contribution in [1.29, 1.82) is 0 Å². The molecular weight excluding hydrogens is 589 g/mol. The van der Waals surface area contributed by atoms with E-state index in [9.17, 15) is 4.79 Å². The third kappa shape index (κ3) is 6.34. The molecule has 1 N–H and O–H groups in total. The Kier molecular flexibility index (Phi) is 9.04. The summed E-state index contributed by atoms with van der Waals surface area (Å²) in [4.78, 5) is 19.3. The van der Waals surface area contributed by atoms with Crippen molar-refractivity contribution in [3.05, 3.63) is 83.4 Å². The number of aromatic nitrogens is 2. The molecule has 0 aliphatic rings. The van der Waals surface area contributed by atoms with Crippen LogP contribution in [0.15, 0.2) is 60.6 Å². The number of hydrogen-bond donors (Lipinski definition) is 1. The zero-order valence-electron chi connectivity index (χ0n) is 19.9. The minimum Gasteiger partial charge on any atom is -0.512 e. The van der Waals surface area contributed by atoms with Crippen molar-refractivity contribution in [2.45, 2.75) is 47.5 Å². The van der Waals surface area contributed by atoms with Crippen molar-refractivity contribution in [2.24, 2.45) is 0 Å². The van der Waals surface area contributed by atoms with Crippen LogP contribution in [-0.4, -0.2) is 20.9 Å². The summed E-state index contributed by atoms with van der Waals surface area (Å²) in [5.74, 6) is 0.382. The molecule has 0 saturated heterocycles. The van der Waals surface area contributed by atoms with E-state index in [0.29, 0.717) is 5.92 Å². The van der Waals surface area contributed by atoms with Gasteiger partial charge in [0, 0.05) is 31.6 Å². The summed E-state index contributed by atoms with van der Waals surface area (Å²) < 4.78 is 0. The first kappa shape index (κ1) is 26.4. The third-order valence-corrected chi connectivity index (χ3v) is 5.12. The predicted molar refractivity (Wildman–Crippen MR) is 132 cm³/mol. The number of carbonyl (C=O) groups excluding carboxylic acids is 1. The molecule has 4 aromatic rings. The number of ketones is 1. The second-order valence-corrected chi connectivity index (χ2v) is 8.43. The molecule has 1 aromatic heterocycles. The van der Waals surface area contributed by atoms with Gasteiger partial charge in [-0.3, -0.25) is 9.78 Å². The van der Waals surface area contributed by atoms with Crippen LogP contribution in [0, 0.1) is 19.9 Å². The minimum absolute atomic E-state index is 0. The van der Waals surface area contributed by atoms with E-state index >= 15 is 0 Å². The minimum atomic E-state index is -0.125. The first-order chi connectivity index (χ1) is 15.2. The van der Waals surface area contributed by atoms with Crippen molar-refractivity contribution in [3.63, 3.8) is 0 Å². The van der Waals surface area contributed by atoms with Gasteiger partial charge in [0.2, 0.25) is 0 Å². The van der Waals surface area contributed by atoms with Gasteiger partial charge >= 0.3 is 0 Å². The average Bonchev–Trinajstić information content (AvgIpc) is 2.71. The van der Waals surface area contributed by atoms with Gasteiger partial charge in [-0.2, -0.15) is 0 Å². The number of rotatable bonds is 3. The van der Waals surface area contributed by atoms with E-state index in [-0.39, 0.29) is 31.6 Å². The number of fused-ring (bicyclic) bond motifs is 3. The quantitative estimate of drug-likeness (QED) is 0.116. The summed E-state index contributed by atoms with van der Waals surface area (Å²) in [6.07, 6.45) is 2.85. The van der Waals surface area contributed by atoms with E-state index in [0.717, 1.165) is 27.7 Å². The van der Waals surface area contributed by atoms with Gasteiger partial charge in [0.1, 0.15) is 6.33 Å². The molecule has 0 aliphatic carbocycles. The Morgan fingerprint density at radius 3 is 2.36 bits per heavy atom. The summed E-state index contributed by atoms with van der Waals surface area (Å²) in [7, 11) is 0. The molecule has 3 aromatic carbocycles. The normalized spacial score (nSPS) is 11.2. The third-order valence-electron chi connectivity index (χ3n) is 5.12. The topological polar surface area (TPSA) is 63.1 Å². The Labute approximate surface area is 209 Å². The number of hydrogen-bond acceptors (Lipinski definition) is 4. The van der Waals surface area contributed by atoms with Crippen LogP contribution in [0.4, 0.5) is 0 Å². The SMILES string of the molecule is CC(=O)/C=C(/C)O.Cc1[c-]c(-c2ncnc3c2ccc2cccc(C(C)C)c23)cc(C)c1.[Ir]. The van der Waals surface area contributed by atoms with Gasteiger partial charge in [-0.1, -0.05) is 58.0 Å². The van der Waals surface area contributed by atoms with Crippen LogP contribution in [0.1, 0.15) is 50.3 Å². The number of nitrogens with zero attached hydrogens (tertiary/aromatic N) is 2. The maximum Gasteiger partial charge on any atom is 0.155 e. The first-order valence-corrected chi connectivity index (χ1v) is 10.7. The van der Waals surface area contributed by atoms with Gasteiger partial charge in [0.15, 0.2) is 5.78 Å². The largest absolute Gasteiger partial charge is 0.512 e. The molecule has 173 valence electrons. The molecule has 4 nitrogen and oxygen atoms in total. The van der Waals surface area contributed by atoms with E-state index < -0.39 is 0 Å². The van der Waals surface area contributed by atoms with E-state index in [1.54, 1.807) is 6.33 Å². The molecule has 0 fully saturated rings. The Morgan fingerprint density at radius 1 is 1.06 bits per heavy atom. The van der Waals surface area contributed by atoms with E-state index in [4.69, 9.17) is 5.11 Å². The molecule has 0 saturated carbocycles. The molecule has 0 atom stereocenters. The number of carbonyl (C=O) groups is 1. The first-order valence-electron chi connectivity index (χ1n) is 10.7. The Hall–Kier alpha value is -2.88. The maximum atomic E-state index is 10.0. The standard InChI is InChI=1S/C23H21N2.C5H8O2.Ir/c1-14(2)19-7-5-6-17-8-9-20-22(24-13-25-23(20)21(17)19)18-11-15(3)10-16(4)12-18;1-4(6)3-5(2)7;/h5-11,13-14H,1-4H3;3,6H,1-2H3;/q-1;;/b;4-3-;. The van der Waals surface area contributed by atoms with Crippen LogP contribution in [0.2, 0.25) is 0 Å². The number of aliphatic hydroxyl groups excluding tert-OH is 1. The molecule has 4 rings (SSSR count). The second kappa shape index (κ2) is 11.3. The van der Waals surface area contributed by atoms with Crippen molar-refractivity contribution >= 4 is 27.5 Å². The molecule has 1 radical (unpaired) electrons. The molecule has 0 bridgehead atoms. The molecule has 33 heavy (non-hydrogen) atoms. The Bertz CT molecular complexity index is 1300.